The van der Waals surface area contributed by atoms with Gasteiger partial charge in [-0.05, 0) is 41.9 Å². The summed E-state index contributed by atoms with van der Waals surface area (Å²) in [7, 11) is 0. The van der Waals surface area contributed by atoms with Gasteiger partial charge in [0, 0.05) is 30.1 Å². The number of hydrogen-bond donors (Lipinski definition) is 1. The first-order valence-electron chi connectivity index (χ1n) is 6.70. The Morgan fingerprint density at radius 1 is 1.42 bits per heavy atom. The van der Waals surface area contributed by atoms with Crippen molar-refractivity contribution in [3.63, 3.8) is 0 Å². The Labute approximate surface area is 121 Å². The van der Waals surface area contributed by atoms with Crippen LogP contribution in [0, 0.1) is 0 Å². The first-order valence-corrected chi connectivity index (χ1v) is 7.49. The van der Waals surface area contributed by atoms with Crippen LogP contribution in [0.2, 0.25) is 0 Å². The summed E-state index contributed by atoms with van der Waals surface area (Å²) in [5.74, 6) is 0.196. The number of halogens is 1. The van der Waals surface area contributed by atoms with E-state index in [-0.39, 0.29) is 18.0 Å². The average Bonchev–Trinajstić information content (AvgIpc) is 2.40. The zero-order valence-corrected chi connectivity index (χ0v) is 12.8. The highest BCUT2D eigenvalue weighted by Gasteiger charge is 2.41. The molecule has 19 heavy (non-hydrogen) atoms. The van der Waals surface area contributed by atoms with E-state index >= 15 is 0 Å². The van der Waals surface area contributed by atoms with Gasteiger partial charge < -0.3 is 15.1 Å². The van der Waals surface area contributed by atoms with Crippen molar-refractivity contribution >= 4 is 33.2 Å². The molecular formula is C14H18BrN3O. The fraction of sp³-hybridized carbons (Fsp3) is 0.500. The minimum Gasteiger partial charge on any atom is -0.355 e. The lowest BCUT2D eigenvalue weighted by molar-refractivity contribution is -0.120. The summed E-state index contributed by atoms with van der Waals surface area (Å²) in [5.41, 5.74) is 2.18. The summed E-state index contributed by atoms with van der Waals surface area (Å²) >= 11 is 3.60. The number of benzene rings is 1. The van der Waals surface area contributed by atoms with Crippen molar-refractivity contribution in [2.45, 2.75) is 25.9 Å². The fourth-order valence-corrected chi connectivity index (χ4v) is 3.52. The van der Waals surface area contributed by atoms with Gasteiger partial charge in [-0.15, -0.1) is 0 Å². The molecule has 2 heterocycles. The molecule has 4 nitrogen and oxygen atoms in total. The second kappa shape index (κ2) is 4.80. The number of hydrogen-bond acceptors (Lipinski definition) is 3. The smallest absolute Gasteiger partial charge is 0.251 e. The van der Waals surface area contributed by atoms with E-state index in [1.807, 2.05) is 17.0 Å². The van der Waals surface area contributed by atoms with Crippen LogP contribution in [0.4, 0.5) is 11.4 Å². The van der Waals surface area contributed by atoms with Crippen molar-refractivity contribution in [3.8, 4) is 0 Å². The van der Waals surface area contributed by atoms with Crippen LogP contribution in [0.1, 0.15) is 13.8 Å². The number of nitrogens with one attached hydrogen (secondary N) is 1. The maximum Gasteiger partial charge on any atom is 0.251 e. The lowest BCUT2D eigenvalue weighted by atomic mass is 10.0. The third kappa shape index (κ3) is 1.96. The van der Waals surface area contributed by atoms with Gasteiger partial charge in [0.15, 0.2) is 0 Å². The zero-order chi connectivity index (χ0) is 13.6. The quantitative estimate of drug-likeness (QED) is 0.858. The van der Waals surface area contributed by atoms with Gasteiger partial charge in [-0.25, -0.2) is 0 Å². The highest BCUT2D eigenvalue weighted by Crippen LogP contribution is 2.42. The molecule has 0 bridgehead atoms. The van der Waals surface area contributed by atoms with Crippen molar-refractivity contribution in [1.82, 2.24) is 5.32 Å². The number of nitrogens with zero attached hydrogens (tertiary/aromatic N) is 2. The third-order valence-corrected chi connectivity index (χ3v) is 4.44. The minimum atomic E-state index is -0.0713. The first-order chi connectivity index (χ1) is 9.11. The molecule has 1 amide bonds. The normalized spacial score (nSPS) is 22.5. The third-order valence-electron chi connectivity index (χ3n) is 3.80. The van der Waals surface area contributed by atoms with Crippen molar-refractivity contribution in [1.29, 1.82) is 0 Å². The summed E-state index contributed by atoms with van der Waals surface area (Å²) in [6, 6.07) is 6.24. The van der Waals surface area contributed by atoms with Gasteiger partial charge in [-0.3, -0.25) is 4.79 Å². The SMILES string of the molecule is CC(C)N1C(=O)C2CNCCN2c2cccc(Br)c21. The molecule has 0 radical (unpaired) electrons. The molecular weight excluding hydrogens is 306 g/mol. The van der Waals surface area contributed by atoms with E-state index in [1.54, 1.807) is 0 Å². The molecule has 1 aromatic rings. The predicted octanol–water partition coefficient (Wildman–Crippen LogP) is 1.98. The highest BCUT2D eigenvalue weighted by molar-refractivity contribution is 9.10. The summed E-state index contributed by atoms with van der Waals surface area (Å²) in [5, 5.41) is 3.32. The standard InChI is InChI=1S/C14H18BrN3O/c1-9(2)18-13-10(15)4-3-5-11(13)17-7-6-16-8-12(17)14(18)19/h3-5,9,12,16H,6-8H2,1-2H3. The Bertz CT molecular complexity index is 517. The number of carbonyl (C=O) groups is 1. The summed E-state index contributed by atoms with van der Waals surface area (Å²) in [6.45, 7) is 6.66. The Balaban J connectivity index is 2.17. The van der Waals surface area contributed by atoms with Crippen LogP contribution in [-0.4, -0.2) is 37.6 Å². The van der Waals surface area contributed by atoms with Crippen molar-refractivity contribution in [2.24, 2.45) is 0 Å². The molecule has 1 fully saturated rings. The number of rotatable bonds is 1. The number of para-hydroxylation sites is 1. The molecule has 0 spiro atoms. The largest absolute Gasteiger partial charge is 0.355 e. The number of anilines is 2. The lowest BCUT2D eigenvalue weighted by Crippen LogP contribution is -2.63. The first kappa shape index (κ1) is 12.9. The second-order valence-electron chi connectivity index (χ2n) is 5.32. The van der Waals surface area contributed by atoms with Crippen LogP contribution in [0.5, 0.6) is 0 Å². The van der Waals surface area contributed by atoms with Crippen LogP contribution in [-0.2, 0) is 4.79 Å². The Hall–Kier alpha value is -1.07. The van der Waals surface area contributed by atoms with Gasteiger partial charge in [-0.2, -0.15) is 0 Å². The van der Waals surface area contributed by atoms with E-state index < -0.39 is 0 Å². The lowest BCUT2D eigenvalue weighted by Gasteiger charge is -2.47. The summed E-state index contributed by atoms with van der Waals surface area (Å²) < 4.78 is 0.990. The van der Waals surface area contributed by atoms with Crippen LogP contribution in [0.3, 0.4) is 0 Å². The van der Waals surface area contributed by atoms with Crippen molar-refractivity contribution < 1.29 is 4.79 Å². The van der Waals surface area contributed by atoms with Crippen LogP contribution < -0.4 is 15.1 Å². The van der Waals surface area contributed by atoms with Gasteiger partial charge in [0.25, 0.3) is 5.91 Å². The van der Waals surface area contributed by atoms with E-state index in [4.69, 9.17) is 0 Å². The maximum absolute atomic E-state index is 12.7. The van der Waals surface area contributed by atoms with E-state index in [9.17, 15) is 4.79 Å². The topological polar surface area (TPSA) is 35.6 Å². The van der Waals surface area contributed by atoms with Gasteiger partial charge in [0.05, 0.1) is 11.4 Å². The van der Waals surface area contributed by atoms with Crippen molar-refractivity contribution in [2.75, 3.05) is 29.4 Å². The van der Waals surface area contributed by atoms with Crippen molar-refractivity contribution in [3.05, 3.63) is 22.7 Å². The van der Waals surface area contributed by atoms with Crippen LogP contribution in [0.25, 0.3) is 0 Å². The van der Waals surface area contributed by atoms with E-state index in [0.717, 1.165) is 35.5 Å². The highest BCUT2D eigenvalue weighted by atomic mass is 79.9. The molecule has 3 rings (SSSR count). The Morgan fingerprint density at radius 2 is 2.21 bits per heavy atom. The molecule has 1 saturated heterocycles. The number of piperazine rings is 1. The van der Waals surface area contributed by atoms with E-state index in [1.165, 1.54) is 0 Å². The molecule has 0 aliphatic carbocycles. The van der Waals surface area contributed by atoms with Gasteiger partial charge in [-0.1, -0.05) is 6.07 Å². The van der Waals surface area contributed by atoms with Crippen LogP contribution in [0.15, 0.2) is 22.7 Å². The molecule has 2 aliphatic heterocycles. The molecule has 5 heteroatoms. The van der Waals surface area contributed by atoms with E-state index in [2.05, 4.69) is 46.1 Å². The van der Waals surface area contributed by atoms with E-state index in [0.29, 0.717) is 0 Å². The monoisotopic (exact) mass is 323 g/mol. The number of carbonyl (C=O) groups excluding carboxylic acids is 1. The molecule has 102 valence electrons. The fourth-order valence-electron chi connectivity index (χ4n) is 2.97. The Kier molecular flexibility index (Phi) is 3.27. The van der Waals surface area contributed by atoms with Gasteiger partial charge in [0.2, 0.25) is 0 Å². The molecule has 2 aliphatic rings. The molecule has 1 unspecified atom stereocenters. The summed E-state index contributed by atoms with van der Waals surface area (Å²) in [4.78, 5) is 16.9. The predicted molar refractivity (Wildman–Crippen MR) is 80.8 cm³/mol. The molecule has 1 atom stereocenters. The molecule has 0 aromatic heterocycles. The Morgan fingerprint density at radius 3 is 2.95 bits per heavy atom. The second-order valence-corrected chi connectivity index (χ2v) is 6.18. The summed E-state index contributed by atoms with van der Waals surface area (Å²) in [6.07, 6.45) is 0. The molecule has 1 N–H and O–H groups in total. The molecule has 1 aromatic carbocycles. The maximum atomic E-state index is 12.7. The average molecular weight is 324 g/mol. The number of fused-ring (bicyclic) bond motifs is 3. The van der Waals surface area contributed by atoms with Gasteiger partial charge in [0.1, 0.15) is 6.04 Å². The van der Waals surface area contributed by atoms with Crippen LogP contribution >= 0.6 is 15.9 Å². The van der Waals surface area contributed by atoms with Gasteiger partial charge >= 0.3 is 0 Å². The molecule has 0 saturated carbocycles. The zero-order valence-electron chi connectivity index (χ0n) is 11.2. The minimum absolute atomic E-state index is 0.0713. The number of amides is 1.